The van der Waals surface area contributed by atoms with E-state index in [4.69, 9.17) is 0 Å². The first-order chi connectivity index (χ1) is 9.98. The van der Waals surface area contributed by atoms with Gasteiger partial charge in [0.25, 0.3) is 0 Å². The lowest BCUT2D eigenvalue weighted by Gasteiger charge is -2.05. The standard InChI is InChI=1S/C17H29F3O/c1-2-3-4-5-6-7-8-9-10-11-12-13-14-15-16(21)17(18,19)20/h3-4H,2,5-15H2,1H3/b4-3+. The van der Waals surface area contributed by atoms with Crippen LogP contribution in [-0.4, -0.2) is 12.0 Å². The fourth-order valence-electron chi connectivity index (χ4n) is 2.21. The topological polar surface area (TPSA) is 17.1 Å². The van der Waals surface area contributed by atoms with Gasteiger partial charge in [-0.05, 0) is 25.7 Å². The van der Waals surface area contributed by atoms with Crippen molar-refractivity contribution < 1.29 is 18.0 Å². The Labute approximate surface area is 127 Å². The highest BCUT2D eigenvalue weighted by molar-refractivity contribution is 5.83. The molecule has 0 N–H and O–H groups in total. The summed E-state index contributed by atoms with van der Waals surface area (Å²) in [5.74, 6) is -1.58. The average Bonchev–Trinajstić information content (AvgIpc) is 2.42. The number of allylic oxidation sites excluding steroid dienone is 2. The summed E-state index contributed by atoms with van der Waals surface area (Å²) in [4.78, 5) is 10.6. The molecule has 0 aliphatic carbocycles. The molecular weight excluding hydrogens is 277 g/mol. The van der Waals surface area contributed by atoms with Crippen LogP contribution in [0.4, 0.5) is 13.2 Å². The van der Waals surface area contributed by atoms with E-state index >= 15 is 0 Å². The molecule has 0 spiro atoms. The molecule has 0 unspecified atom stereocenters. The van der Waals surface area contributed by atoms with Crippen molar-refractivity contribution in [2.45, 2.75) is 90.1 Å². The van der Waals surface area contributed by atoms with Gasteiger partial charge in [0.1, 0.15) is 0 Å². The Kier molecular flexibility index (Phi) is 12.4. The summed E-state index contributed by atoms with van der Waals surface area (Å²) in [5.41, 5.74) is 0. The van der Waals surface area contributed by atoms with E-state index in [1.165, 1.54) is 32.1 Å². The van der Waals surface area contributed by atoms with Gasteiger partial charge < -0.3 is 0 Å². The smallest absolute Gasteiger partial charge is 0.290 e. The van der Waals surface area contributed by atoms with Gasteiger partial charge in [-0.3, -0.25) is 4.79 Å². The normalized spacial score (nSPS) is 12.2. The summed E-state index contributed by atoms with van der Waals surface area (Å²) in [6.45, 7) is 2.13. The van der Waals surface area contributed by atoms with E-state index in [2.05, 4.69) is 19.1 Å². The Morgan fingerprint density at radius 2 is 1.29 bits per heavy atom. The van der Waals surface area contributed by atoms with Gasteiger partial charge in [0.15, 0.2) is 0 Å². The number of ketones is 1. The van der Waals surface area contributed by atoms with E-state index in [1.807, 2.05) is 0 Å². The molecule has 0 rings (SSSR count). The molecule has 0 heterocycles. The molecule has 0 amide bonds. The van der Waals surface area contributed by atoms with E-state index in [0.717, 1.165) is 32.1 Å². The maximum absolute atomic E-state index is 11.9. The molecule has 124 valence electrons. The van der Waals surface area contributed by atoms with Crippen LogP contribution in [0.15, 0.2) is 12.2 Å². The molecule has 4 heteroatoms. The fraction of sp³-hybridized carbons (Fsp3) is 0.824. The minimum absolute atomic E-state index is 0.352. The lowest BCUT2D eigenvalue weighted by Crippen LogP contribution is -2.22. The SMILES string of the molecule is CC/C=C/CCCCCCCCCCCC(=O)C(F)(F)F. The molecule has 0 bridgehead atoms. The maximum Gasteiger partial charge on any atom is 0.449 e. The average molecular weight is 306 g/mol. The first-order valence-corrected chi connectivity index (χ1v) is 8.23. The Morgan fingerprint density at radius 3 is 1.76 bits per heavy atom. The Morgan fingerprint density at radius 1 is 0.810 bits per heavy atom. The molecule has 0 saturated carbocycles. The zero-order valence-corrected chi connectivity index (χ0v) is 13.2. The van der Waals surface area contributed by atoms with Crippen LogP contribution in [0.2, 0.25) is 0 Å². The van der Waals surface area contributed by atoms with Gasteiger partial charge in [-0.25, -0.2) is 0 Å². The molecule has 0 fully saturated rings. The number of carbonyl (C=O) groups is 1. The number of Topliss-reactive ketones (excluding diaryl/α,β-unsaturated/α-hetero) is 1. The first kappa shape index (κ1) is 20.2. The molecule has 0 aliphatic rings. The maximum atomic E-state index is 11.9. The second-order valence-electron chi connectivity index (χ2n) is 5.52. The van der Waals surface area contributed by atoms with E-state index in [-0.39, 0.29) is 6.42 Å². The zero-order valence-electron chi connectivity index (χ0n) is 13.2. The molecular formula is C17H29F3O. The molecule has 0 saturated heterocycles. The van der Waals surface area contributed by atoms with Gasteiger partial charge in [0.05, 0.1) is 0 Å². The van der Waals surface area contributed by atoms with Crippen LogP contribution in [0.1, 0.15) is 84.0 Å². The molecule has 0 aliphatic heterocycles. The van der Waals surface area contributed by atoms with Gasteiger partial charge in [0.2, 0.25) is 5.78 Å². The third kappa shape index (κ3) is 13.9. The van der Waals surface area contributed by atoms with Crippen molar-refractivity contribution in [1.82, 2.24) is 0 Å². The minimum Gasteiger partial charge on any atom is -0.290 e. The Bertz CT molecular complexity index is 282. The Hall–Kier alpha value is -0.800. The summed E-state index contributed by atoms with van der Waals surface area (Å²) in [5, 5.41) is 0. The lowest BCUT2D eigenvalue weighted by atomic mass is 10.0. The highest BCUT2D eigenvalue weighted by Gasteiger charge is 2.36. The van der Waals surface area contributed by atoms with Crippen molar-refractivity contribution in [2.24, 2.45) is 0 Å². The van der Waals surface area contributed by atoms with Gasteiger partial charge in [0, 0.05) is 6.42 Å². The molecule has 0 aromatic rings. The van der Waals surface area contributed by atoms with Crippen molar-refractivity contribution >= 4 is 5.78 Å². The monoisotopic (exact) mass is 306 g/mol. The minimum atomic E-state index is -4.65. The first-order valence-electron chi connectivity index (χ1n) is 8.23. The second-order valence-corrected chi connectivity index (χ2v) is 5.52. The number of carbonyl (C=O) groups excluding carboxylic acids is 1. The quantitative estimate of drug-likeness (QED) is 0.285. The predicted molar refractivity (Wildman–Crippen MR) is 81.3 cm³/mol. The van der Waals surface area contributed by atoms with Crippen LogP contribution in [0, 0.1) is 0 Å². The molecule has 0 atom stereocenters. The molecule has 0 aromatic carbocycles. The number of unbranched alkanes of at least 4 members (excludes halogenated alkanes) is 9. The molecule has 0 radical (unpaired) electrons. The van der Waals surface area contributed by atoms with Crippen LogP contribution >= 0.6 is 0 Å². The highest BCUT2D eigenvalue weighted by Crippen LogP contribution is 2.20. The summed E-state index contributed by atoms with van der Waals surface area (Å²) in [7, 11) is 0. The van der Waals surface area contributed by atoms with Gasteiger partial charge in [-0.15, -0.1) is 0 Å². The lowest BCUT2D eigenvalue weighted by molar-refractivity contribution is -0.171. The van der Waals surface area contributed by atoms with Crippen LogP contribution in [0.3, 0.4) is 0 Å². The van der Waals surface area contributed by atoms with E-state index in [9.17, 15) is 18.0 Å². The van der Waals surface area contributed by atoms with Crippen LogP contribution in [0.25, 0.3) is 0 Å². The highest BCUT2D eigenvalue weighted by atomic mass is 19.4. The number of alkyl halides is 3. The van der Waals surface area contributed by atoms with Crippen molar-refractivity contribution in [3.05, 3.63) is 12.2 Å². The molecule has 21 heavy (non-hydrogen) atoms. The second kappa shape index (κ2) is 12.9. The van der Waals surface area contributed by atoms with Crippen molar-refractivity contribution in [2.75, 3.05) is 0 Å². The van der Waals surface area contributed by atoms with Gasteiger partial charge >= 0.3 is 6.18 Å². The predicted octanol–water partition coefficient (Wildman–Crippen LogP) is 6.38. The fourth-order valence-corrected chi connectivity index (χ4v) is 2.21. The van der Waals surface area contributed by atoms with Crippen LogP contribution < -0.4 is 0 Å². The summed E-state index contributed by atoms with van der Waals surface area (Å²) < 4.78 is 35.8. The summed E-state index contributed by atoms with van der Waals surface area (Å²) in [6, 6.07) is 0. The van der Waals surface area contributed by atoms with E-state index < -0.39 is 12.0 Å². The number of rotatable bonds is 13. The third-order valence-electron chi connectivity index (χ3n) is 3.49. The third-order valence-corrected chi connectivity index (χ3v) is 3.49. The number of hydrogen-bond acceptors (Lipinski definition) is 1. The molecule has 0 aromatic heterocycles. The van der Waals surface area contributed by atoms with Crippen LogP contribution in [0.5, 0.6) is 0 Å². The zero-order chi connectivity index (χ0) is 16.0. The molecule has 1 nitrogen and oxygen atoms in total. The van der Waals surface area contributed by atoms with Crippen molar-refractivity contribution in [1.29, 1.82) is 0 Å². The number of hydrogen-bond donors (Lipinski definition) is 0. The Balaban J connectivity index is 3.20. The van der Waals surface area contributed by atoms with E-state index in [1.54, 1.807) is 0 Å². The van der Waals surface area contributed by atoms with Crippen molar-refractivity contribution in [3.63, 3.8) is 0 Å². The van der Waals surface area contributed by atoms with Crippen molar-refractivity contribution in [3.8, 4) is 0 Å². The summed E-state index contributed by atoms with van der Waals surface area (Å²) >= 11 is 0. The van der Waals surface area contributed by atoms with Gasteiger partial charge in [-0.1, -0.05) is 64.0 Å². The largest absolute Gasteiger partial charge is 0.449 e. The van der Waals surface area contributed by atoms with Crippen LogP contribution in [-0.2, 0) is 4.79 Å². The number of halogens is 3. The summed E-state index contributed by atoms with van der Waals surface area (Å²) in [6.07, 6.45) is 10.9. The van der Waals surface area contributed by atoms with E-state index in [0.29, 0.717) is 6.42 Å². The van der Waals surface area contributed by atoms with Gasteiger partial charge in [-0.2, -0.15) is 13.2 Å².